The summed E-state index contributed by atoms with van der Waals surface area (Å²) in [6, 6.07) is 4.48. The smallest absolute Gasteiger partial charge is 0.260 e. The first kappa shape index (κ1) is 17.4. The first-order valence-corrected chi connectivity index (χ1v) is 7.45. The van der Waals surface area contributed by atoms with Crippen molar-refractivity contribution in [1.29, 1.82) is 0 Å². The number of carbonyl (C=O) groups is 1. The van der Waals surface area contributed by atoms with Crippen LogP contribution in [0, 0.1) is 5.82 Å². The van der Waals surface area contributed by atoms with Gasteiger partial charge in [0.2, 0.25) is 0 Å². The van der Waals surface area contributed by atoms with Gasteiger partial charge in [-0.05, 0) is 44.4 Å². The van der Waals surface area contributed by atoms with Gasteiger partial charge in [0, 0.05) is 25.2 Å². The molecule has 2 N–H and O–H groups in total. The average molecular weight is 296 g/mol. The molecule has 1 rings (SSSR count). The molecule has 0 saturated carbocycles. The quantitative estimate of drug-likeness (QED) is 0.801. The SMILES string of the molecule is CCC(N)Cc1cc(F)cc(OCC(=O)N(CC)CC)c1. The van der Waals surface area contributed by atoms with Crippen LogP contribution in [-0.2, 0) is 11.2 Å². The van der Waals surface area contributed by atoms with Crippen molar-refractivity contribution in [3.05, 3.63) is 29.6 Å². The van der Waals surface area contributed by atoms with Crippen LogP contribution in [0.4, 0.5) is 4.39 Å². The second kappa shape index (κ2) is 8.62. The molecule has 1 aromatic carbocycles. The van der Waals surface area contributed by atoms with Crippen molar-refractivity contribution in [2.45, 2.75) is 39.7 Å². The fourth-order valence-electron chi connectivity index (χ4n) is 2.08. The first-order chi connectivity index (χ1) is 9.99. The Kier molecular flexibility index (Phi) is 7.15. The topological polar surface area (TPSA) is 55.6 Å². The fraction of sp³-hybridized carbons (Fsp3) is 0.562. The molecule has 0 spiro atoms. The molecule has 4 nitrogen and oxygen atoms in total. The lowest BCUT2D eigenvalue weighted by Crippen LogP contribution is -2.34. The minimum atomic E-state index is -0.374. The summed E-state index contributed by atoms with van der Waals surface area (Å²) in [7, 11) is 0. The highest BCUT2D eigenvalue weighted by molar-refractivity contribution is 5.77. The standard InChI is InChI=1S/C16H25FN2O2/c1-4-14(18)8-12-7-13(17)10-15(9-12)21-11-16(20)19(5-2)6-3/h7,9-10,14H,4-6,8,11,18H2,1-3H3. The Hall–Kier alpha value is -1.62. The van der Waals surface area contributed by atoms with E-state index in [0.717, 1.165) is 12.0 Å². The van der Waals surface area contributed by atoms with E-state index in [-0.39, 0.29) is 24.4 Å². The van der Waals surface area contributed by atoms with E-state index in [1.165, 1.54) is 12.1 Å². The van der Waals surface area contributed by atoms with Crippen LogP contribution in [-0.4, -0.2) is 36.5 Å². The molecule has 5 heteroatoms. The van der Waals surface area contributed by atoms with Crippen LogP contribution < -0.4 is 10.5 Å². The minimum absolute atomic E-state index is 0.00282. The van der Waals surface area contributed by atoms with E-state index in [4.69, 9.17) is 10.5 Å². The van der Waals surface area contributed by atoms with Gasteiger partial charge in [-0.25, -0.2) is 4.39 Å². The summed E-state index contributed by atoms with van der Waals surface area (Å²) in [5.41, 5.74) is 6.67. The third-order valence-corrected chi connectivity index (χ3v) is 3.43. The van der Waals surface area contributed by atoms with Crippen molar-refractivity contribution in [3.8, 4) is 5.75 Å². The number of likely N-dealkylation sites (N-methyl/N-ethyl adjacent to an activating group) is 1. The number of rotatable bonds is 8. The van der Waals surface area contributed by atoms with Crippen molar-refractivity contribution < 1.29 is 13.9 Å². The Morgan fingerprint density at radius 3 is 2.52 bits per heavy atom. The van der Waals surface area contributed by atoms with Gasteiger partial charge in [-0.15, -0.1) is 0 Å². The molecular weight excluding hydrogens is 271 g/mol. The van der Waals surface area contributed by atoms with E-state index in [1.807, 2.05) is 20.8 Å². The Bertz CT molecular complexity index is 462. The highest BCUT2D eigenvalue weighted by Gasteiger charge is 2.11. The zero-order valence-electron chi connectivity index (χ0n) is 13.1. The molecule has 0 radical (unpaired) electrons. The van der Waals surface area contributed by atoms with Gasteiger partial charge in [0.15, 0.2) is 6.61 Å². The number of nitrogens with zero attached hydrogens (tertiary/aromatic N) is 1. The number of carbonyl (C=O) groups excluding carboxylic acids is 1. The van der Waals surface area contributed by atoms with Crippen molar-refractivity contribution in [1.82, 2.24) is 4.90 Å². The van der Waals surface area contributed by atoms with Crippen LogP contribution in [0.15, 0.2) is 18.2 Å². The maximum absolute atomic E-state index is 13.6. The molecule has 0 heterocycles. The van der Waals surface area contributed by atoms with E-state index in [2.05, 4.69) is 0 Å². The molecule has 0 aliphatic heterocycles. The molecule has 0 aliphatic carbocycles. The predicted octanol–water partition coefficient (Wildman–Crippen LogP) is 2.35. The van der Waals surface area contributed by atoms with Crippen molar-refractivity contribution in [2.24, 2.45) is 5.73 Å². The normalized spacial score (nSPS) is 12.0. The van der Waals surface area contributed by atoms with E-state index >= 15 is 0 Å². The average Bonchev–Trinajstić information content (AvgIpc) is 2.45. The Labute approximate surface area is 126 Å². The zero-order valence-corrected chi connectivity index (χ0v) is 13.1. The molecule has 0 fully saturated rings. The number of amides is 1. The largest absolute Gasteiger partial charge is 0.484 e. The molecule has 1 atom stereocenters. The second-order valence-corrected chi connectivity index (χ2v) is 5.02. The molecule has 0 saturated heterocycles. The van der Waals surface area contributed by atoms with Crippen LogP contribution in [0.1, 0.15) is 32.8 Å². The lowest BCUT2D eigenvalue weighted by atomic mass is 10.0. The van der Waals surface area contributed by atoms with Gasteiger partial charge < -0.3 is 15.4 Å². The van der Waals surface area contributed by atoms with Gasteiger partial charge >= 0.3 is 0 Å². The molecule has 21 heavy (non-hydrogen) atoms. The number of halogens is 1. The van der Waals surface area contributed by atoms with Crippen LogP contribution in [0.5, 0.6) is 5.75 Å². The summed E-state index contributed by atoms with van der Waals surface area (Å²) in [5.74, 6) is -0.106. The maximum Gasteiger partial charge on any atom is 0.260 e. The Morgan fingerprint density at radius 1 is 1.29 bits per heavy atom. The number of nitrogens with two attached hydrogens (primary N) is 1. The van der Waals surface area contributed by atoms with E-state index < -0.39 is 0 Å². The fourth-order valence-corrected chi connectivity index (χ4v) is 2.08. The van der Waals surface area contributed by atoms with Crippen molar-refractivity contribution in [3.63, 3.8) is 0 Å². The lowest BCUT2D eigenvalue weighted by Gasteiger charge is -2.19. The van der Waals surface area contributed by atoms with Crippen LogP contribution >= 0.6 is 0 Å². The Balaban J connectivity index is 2.68. The summed E-state index contributed by atoms with van der Waals surface area (Å²) in [4.78, 5) is 13.5. The van der Waals surface area contributed by atoms with Crippen LogP contribution in [0.2, 0.25) is 0 Å². The molecule has 1 unspecified atom stereocenters. The number of ether oxygens (including phenoxy) is 1. The third-order valence-electron chi connectivity index (χ3n) is 3.43. The summed E-state index contributed by atoms with van der Waals surface area (Å²) in [6.45, 7) is 7.01. The van der Waals surface area contributed by atoms with Gasteiger partial charge in [0.1, 0.15) is 11.6 Å². The molecule has 0 aromatic heterocycles. The first-order valence-electron chi connectivity index (χ1n) is 7.45. The monoisotopic (exact) mass is 296 g/mol. The van der Waals surface area contributed by atoms with E-state index in [1.54, 1.807) is 11.0 Å². The Morgan fingerprint density at radius 2 is 1.95 bits per heavy atom. The summed E-state index contributed by atoms with van der Waals surface area (Å²) in [6.07, 6.45) is 1.42. The van der Waals surface area contributed by atoms with Crippen LogP contribution in [0.25, 0.3) is 0 Å². The molecule has 1 aromatic rings. The third kappa shape index (κ3) is 5.71. The highest BCUT2D eigenvalue weighted by atomic mass is 19.1. The second-order valence-electron chi connectivity index (χ2n) is 5.02. The van der Waals surface area contributed by atoms with Gasteiger partial charge in [0.05, 0.1) is 0 Å². The summed E-state index contributed by atoms with van der Waals surface area (Å²) >= 11 is 0. The zero-order chi connectivity index (χ0) is 15.8. The maximum atomic E-state index is 13.6. The highest BCUT2D eigenvalue weighted by Crippen LogP contribution is 2.18. The van der Waals surface area contributed by atoms with Crippen molar-refractivity contribution >= 4 is 5.91 Å². The van der Waals surface area contributed by atoms with Gasteiger partial charge in [-0.3, -0.25) is 4.79 Å². The molecular formula is C16H25FN2O2. The van der Waals surface area contributed by atoms with Crippen molar-refractivity contribution in [2.75, 3.05) is 19.7 Å². The molecule has 118 valence electrons. The molecule has 0 aliphatic rings. The van der Waals surface area contributed by atoms with E-state index in [0.29, 0.717) is 25.3 Å². The van der Waals surface area contributed by atoms with Gasteiger partial charge in [-0.1, -0.05) is 6.92 Å². The van der Waals surface area contributed by atoms with Gasteiger partial charge in [-0.2, -0.15) is 0 Å². The molecule has 1 amide bonds. The van der Waals surface area contributed by atoms with Gasteiger partial charge in [0.25, 0.3) is 5.91 Å². The number of hydrogen-bond acceptors (Lipinski definition) is 3. The lowest BCUT2D eigenvalue weighted by molar-refractivity contribution is -0.132. The van der Waals surface area contributed by atoms with Crippen LogP contribution in [0.3, 0.4) is 0 Å². The summed E-state index contributed by atoms with van der Waals surface area (Å²) in [5, 5.41) is 0. The number of hydrogen-bond donors (Lipinski definition) is 1. The minimum Gasteiger partial charge on any atom is -0.484 e. The predicted molar refractivity (Wildman–Crippen MR) is 81.8 cm³/mol. The number of benzene rings is 1. The molecule has 0 bridgehead atoms. The summed E-state index contributed by atoms with van der Waals surface area (Å²) < 4.78 is 19.0. The van der Waals surface area contributed by atoms with E-state index in [9.17, 15) is 9.18 Å².